The molecule has 2 aromatic rings. The Labute approximate surface area is 131 Å². The predicted molar refractivity (Wildman–Crippen MR) is 79.7 cm³/mol. The number of hydrogen-bond donors (Lipinski definition) is 1. The van der Waals surface area contributed by atoms with Crippen LogP contribution in [0.2, 0.25) is 0 Å². The van der Waals surface area contributed by atoms with Gasteiger partial charge in [0.2, 0.25) is 10.9 Å². The molecule has 0 aromatic carbocycles. The number of carbonyl (C=O) groups is 1. The molecular weight excluding hydrogens is 306 g/mol. The normalized spacial score (nSPS) is 17.2. The third-order valence-electron chi connectivity index (χ3n) is 3.55. The minimum atomic E-state index is -0.557. The number of ether oxygens (including phenoxy) is 2. The van der Waals surface area contributed by atoms with Crippen molar-refractivity contribution in [2.45, 2.75) is 38.9 Å². The average Bonchev–Trinajstić information content (AvgIpc) is 3.16. The number of nitrogens with one attached hydrogen (secondary N) is 1. The standard InChI is InChI=1S/C13H19N5O3S/c1-9-15-16-12-18(9)17-11(22-12)4-3-10(19)14-6-5-13(2)20-7-8-21-13/h3-8H2,1-2H3,(H,14,19). The lowest BCUT2D eigenvalue weighted by atomic mass is 10.2. The summed E-state index contributed by atoms with van der Waals surface area (Å²) in [5.74, 6) is 0.203. The summed E-state index contributed by atoms with van der Waals surface area (Å²) < 4.78 is 12.7. The Bertz CT molecular complexity index is 662. The number of amides is 1. The van der Waals surface area contributed by atoms with Gasteiger partial charge in [-0.05, 0) is 13.8 Å². The third kappa shape index (κ3) is 3.42. The highest BCUT2D eigenvalue weighted by Crippen LogP contribution is 2.21. The van der Waals surface area contributed by atoms with Crippen molar-refractivity contribution in [3.8, 4) is 0 Å². The van der Waals surface area contributed by atoms with Gasteiger partial charge in [-0.2, -0.15) is 9.61 Å². The Morgan fingerprint density at radius 3 is 2.91 bits per heavy atom. The maximum absolute atomic E-state index is 11.9. The Morgan fingerprint density at radius 1 is 1.41 bits per heavy atom. The lowest BCUT2D eigenvalue weighted by Crippen LogP contribution is -2.33. The molecule has 1 aliphatic heterocycles. The van der Waals surface area contributed by atoms with Gasteiger partial charge in [-0.15, -0.1) is 10.2 Å². The lowest BCUT2D eigenvalue weighted by Gasteiger charge is -2.22. The van der Waals surface area contributed by atoms with Crippen LogP contribution in [0.1, 0.15) is 30.6 Å². The van der Waals surface area contributed by atoms with Crippen LogP contribution in [0.15, 0.2) is 0 Å². The van der Waals surface area contributed by atoms with Crippen LogP contribution in [0.3, 0.4) is 0 Å². The van der Waals surface area contributed by atoms with Crippen molar-refractivity contribution >= 4 is 22.2 Å². The number of fused-ring (bicyclic) bond motifs is 1. The molecule has 0 radical (unpaired) electrons. The van der Waals surface area contributed by atoms with E-state index in [1.54, 1.807) is 4.52 Å². The lowest BCUT2D eigenvalue weighted by molar-refractivity contribution is -0.146. The molecule has 3 rings (SSSR count). The summed E-state index contributed by atoms with van der Waals surface area (Å²) in [7, 11) is 0. The Balaban J connectivity index is 1.42. The molecule has 3 heterocycles. The fraction of sp³-hybridized carbons (Fsp3) is 0.692. The molecule has 120 valence electrons. The van der Waals surface area contributed by atoms with Crippen LogP contribution in [0.25, 0.3) is 4.96 Å². The molecule has 0 spiro atoms. The SMILES string of the molecule is Cc1nnc2sc(CCC(=O)NCCC3(C)OCCO3)nn12. The third-order valence-corrected chi connectivity index (χ3v) is 4.51. The summed E-state index contributed by atoms with van der Waals surface area (Å²) in [6, 6.07) is 0. The zero-order valence-electron chi connectivity index (χ0n) is 12.7. The average molecular weight is 325 g/mol. The van der Waals surface area contributed by atoms with E-state index in [2.05, 4.69) is 20.6 Å². The molecule has 0 atom stereocenters. The summed E-state index contributed by atoms with van der Waals surface area (Å²) in [6.45, 7) is 5.52. The minimum absolute atomic E-state index is 0.00397. The molecule has 2 aromatic heterocycles. The molecule has 1 fully saturated rings. The second-order valence-electron chi connectivity index (χ2n) is 5.37. The second-order valence-corrected chi connectivity index (χ2v) is 6.41. The fourth-order valence-corrected chi connectivity index (χ4v) is 3.17. The number of nitrogens with zero attached hydrogens (tertiary/aromatic N) is 4. The van der Waals surface area contributed by atoms with Crippen molar-refractivity contribution in [1.29, 1.82) is 0 Å². The first-order chi connectivity index (χ1) is 10.6. The maximum atomic E-state index is 11.9. The van der Waals surface area contributed by atoms with E-state index in [1.165, 1.54) is 11.3 Å². The molecule has 0 bridgehead atoms. The van der Waals surface area contributed by atoms with Gasteiger partial charge < -0.3 is 14.8 Å². The van der Waals surface area contributed by atoms with Crippen molar-refractivity contribution in [1.82, 2.24) is 25.1 Å². The topological polar surface area (TPSA) is 90.6 Å². The molecular formula is C13H19N5O3S. The summed E-state index contributed by atoms with van der Waals surface area (Å²) >= 11 is 1.46. The summed E-state index contributed by atoms with van der Waals surface area (Å²) in [5, 5.41) is 16.1. The molecule has 22 heavy (non-hydrogen) atoms. The van der Waals surface area contributed by atoms with Gasteiger partial charge in [-0.3, -0.25) is 4.79 Å². The Kier molecular flexibility index (Phi) is 4.37. The van der Waals surface area contributed by atoms with Crippen molar-refractivity contribution < 1.29 is 14.3 Å². The molecule has 0 saturated carbocycles. The number of aryl methyl sites for hydroxylation is 2. The van der Waals surface area contributed by atoms with E-state index in [0.29, 0.717) is 39.0 Å². The highest BCUT2D eigenvalue weighted by Gasteiger charge is 2.30. The fourth-order valence-electron chi connectivity index (χ4n) is 2.29. The quantitative estimate of drug-likeness (QED) is 0.840. The van der Waals surface area contributed by atoms with Crippen LogP contribution in [0.5, 0.6) is 0 Å². The Morgan fingerprint density at radius 2 is 2.18 bits per heavy atom. The van der Waals surface area contributed by atoms with Crippen molar-refractivity contribution in [2.75, 3.05) is 19.8 Å². The van der Waals surface area contributed by atoms with Gasteiger partial charge in [0.15, 0.2) is 11.6 Å². The zero-order valence-corrected chi connectivity index (χ0v) is 13.5. The molecule has 0 aliphatic carbocycles. The van der Waals surface area contributed by atoms with Gasteiger partial charge in [0.05, 0.1) is 13.2 Å². The second kappa shape index (κ2) is 6.27. The molecule has 1 aliphatic rings. The van der Waals surface area contributed by atoms with Crippen molar-refractivity contribution in [3.05, 3.63) is 10.8 Å². The van der Waals surface area contributed by atoms with E-state index in [9.17, 15) is 4.79 Å². The van der Waals surface area contributed by atoms with Gasteiger partial charge >= 0.3 is 0 Å². The van der Waals surface area contributed by atoms with E-state index >= 15 is 0 Å². The Hall–Kier alpha value is -1.58. The van der Waals surface area contributed by atoms with Crippen molar-refractivity contribution in [3.63, 3.8) is 0 Å². The number of hydrogen-bond acceptors (Lipinski definition) is 7. The summed E-state index contributed by atoms with van der Waals surface area (Å²) in [4.78, 5) is 12.6. The van der Waals surface area contributed by atoms with Gasteiger partial charge in [-0.25, -0.2) is 0 Å². The first-order valence-corrected chi connectivity index (χ1v) is 8.10. The highest BCUT2D eigenvalue weighted by atomic mass is 32.1. The van der Waals surface area contributed by atoms with Crippen LogP contribution >= 0.6 is 11.3 Å². The van der Waals surface area contributed by atoms with Crippen LogP contribution in [0, 0.1) is 6.92 Å². The number of carbonyl (C=O) groups excluding carboxylic acids is 1. The smallest absolute Gasteiger partial charge is 0.234 e. The molecule has 0 unspecified atom stereocenters. The molecule has 9 heteroatoms. The molecule has 1 saturated heterocycles. The molecule has 8 nitrogen and oxygen atoms in total. The van der Waals surface area contributed by atoms with Gasteiger partial charge in [0, 0.05) is 25.8 Å². The number of aromatic nitrogens is 4. The molecule has 1 amide bonds. The van der Waals surface area contributed by atoms with E-state index in [0.717, 1.165) is 15.8 Å². The number of rotatable bonds is 6. The van der Waals surface area contributed by atoms with Crippen LogP contribution < -0.4 is 5.32 Å². The monoisotopic (exact) mass is 325 g/mol. The van der Waals surface area contributed by atoms with E-state index in [4.69, 9.17) is 9.47 Å². The van der Waals surface area contributed by atoms with Crippen LogP contribution in [-0.4, -0.2) is 51.3 Å². The minimum Gasteiger partial charge on any atom is -0.356 e. The van der Waals surface area contributed by atoms with Gasteiger partial charge in [0.25, 0.3) is 0 Å². The van der Waals surface area contributed by atoms with E-state index in [-0.39, 0.29) is 5.91 Å². The largest absolute Gasteiger partial charge is 0.356 e. The first kappa shape index (κ1) is 15.3. The van der Waals surface area contributed by atoms with E-state index in [1.807, 2.05) is 13.8 Å². The summed E-state index contributed by atoms with van der Waals surface area (Å²) in [5.41, 5.74) is 0. The highest BCUT2D eigenvalue weighted by molar-refractivity contribution is 7.16. The first-order valence-electron chi connectivity index (χ1n) is 7.28. The van der Waals surface area contributed by atoms with Crippen molar-refractivity contribution in [2.24, 2.45) is 0 Å². The maximum Gasteiger partial charge on any atom is 0.234 e. The summed E-state index contributed by atoms with van der Waals surface area (Å²) in [6.07, 6.45) is 1.65. The van der Waals surface area contributed by atoms with Gasteiger partial charge in [0.1, 0.15) is 5.01 Å². The van der Waals surface area contributed by atoms with Gasteiger partial charge in [-0.1, -0.05) is 11.3 Å². The van der Waals surface area contributed by atoms with Crippen LogP contribution in [0.4, 0.5) is 0 Å². The predicted octanol–water partition coefficient (Wildman–Crippen LogP) is 0.696. The van der Waals surface area contributed by atoms with E-state index < -0.39 is 5.79 Å². The molecule has 1 N–H and O–H groups in total. The van der Waals surface area contributed by atoms with Crippen LogP contribution in [-0.2, 0) is 20.7 Å². The zero-order chi connectivity index (χ0) is 15.6.